The number of aryl methyl sites for hydroxylation is 2. The van der Waals surface area contributed by atoms with Gasteiger partial charge < -0.3 is 15.0 Å². The fourth-order valence-corrected chi connectivity index (χ4v) is 3.18. The minimum atomic E-state index is -0.199. The average Bonchev–Trinajstić information content (AvgIpc) is 2.83. The summed E-state index contributed by atoms with van der Waals surface area (Å²) >= 11 is 0. The van der Waals surface area contributed by atoms with E-state index in [2.05, 4.69) is 10.3 Å². The molecule has 2 heterocycles. The third-order valence-electron chi connectivity index (χ3n) is 4.83. The first-order valence-electron chi connectivity index (χ1n) is 8.66. The first-order chi connectivity index (χ1) is 12.4. The molecule has 0 fully saturated rings. The van der Waals surface area contributed by atoms with E-state index in [0.29, 0.717) is 48.8 Å². The van der Waals surface area contributed by atoms with Crippen molar-refractivity contribution in [2.24, 2.45) is 7.05 Å². The number of hydrogen-bond donors (Lipinski definition) is 1. The molecule has 3 rings (SSSR count). The van der Waals surface area contributed by atoms with E-state index in [1.807, 2.05) is 32.0 Å². The van der Waals surface area contributed by atoms with Crippen LogP contribution in [0.15, 0.2) is 23.0 Å². The van der Waals surface area contributed by atoms with Crippen LogP contribution in [0.25, 0.3) is 0 Å². The van der Waals surface area contributed by atoms with Gasteiger partial charge in [-0.25, -0.2) is 9.78 Å². The Morgan fingerprint density at radius 1 is 1.23 bits per heavy atom. The predicted molar refractivity (Wildman–Crippen MR) is 99.9 cm³/mol. The first kappa shape index (κ1) is 18.0. The van der Waals surface area contributed by atoms with Crippen LogP contribution in [0.5, 0.6) is 5.75 Å². The van der Waals surface area contributed by atoms with Gasteiger partial charge in [-0.3, -0.25) is 9.36 Å². The van der Waals surface area contributed by atoms with E-state index in [4.69, 9.17) is 4.74 Å². The Kier molecular flexibility index (Phi) is 4.97. The van der Waals surface area contributed by atoms with Crippen molar-refractivity contribution in [2.75, 3.05) is 25.5 Å². The molecule has 2 aromatic rings. The molecule has 0 unspecified atom stereocenters. The van der Waals surface area contributed by atoms with Crippen LogP contribution in [0.1, 0.15) is 22.6 Å². The molecule has 1 aliphatic heterocycles. The molecule has 0 bridgehead atoms. The lowest BCUT2D eigenvalue weighted by molar-refractivity contribution is 0.214. The monoisotopic (exact) mass is 356 g/mol. The van der Waals surface area contributed by atoms with E-state index in [1.165, 1.54) is 0 Å². The van der Waals surface area contributed by atoms with Crippen LogP contribution in [0.3, 0.4) is 0 Å². The number of aromatic nitrogens is 2. The predicted octanol–water partition coefficient (Wildman–Crippen LogP) is 2.04. The number of carbonyl (C=O) groups is 1. The Hall–Kier alpha value is -2.83. The molecule has 1 aliphatic rings. The fraction of sp³-hybridized carbons (Fsp3) is 0.421. The summed E-state index contributed by atoms with van der Waals surface area (Å²) in [6, 6.07) is 5.44. The number of benzene rings is 1. The Bertz CT molecular complexity index is 904. The van der Waals surface area contributed by atoms with Crippen LogP contribution < -0.4 is 15.6 Å². The van der Waals surface area contributed by atoms with Crippen molar-refractivity contribution >= 4 is 11.7 Å². The number of carbonyl (C=O) groups excluding carboxylic acids is 1. The zero-order valence-electron chi connectivity index (χ0n) is 15.6. The molecule has 138 valence electrons. The molecule has 0 spiro atoms. The molecule has 7 heteroatoms. The Morgan fingerprint density at radius 3 is 2.69 bits per heavy atom. The second kappa shape index (κ2) is 7.19. The Balaban J connectivity index is 1.78. The molecule has 0 saturated carbocycles. The minimum Gasteiger partial charge on any atom is -0.495 e. The van der Waals surface area contributed by atoms with Gasteiger partial charge in [0.05, 0.1) is 18.5 Å². The number of rotatable bonds is 2. The van der Waals surface area contributed by atoms with Crippen molar-refractivity contribution in [2.45, 2.75) is 26.7 Å². The Morgan fingerprint density at radius 2 is 1.96 bits per heavy atom. The van der Waals surface area contributed by atoms with Crippen LogP contribution in [0.4, 0.5) is 10.5 Å². The molecular weight excluding hydrogens is 332 g/mol. The summed E-state index contributed by atoms with van der Waals surface area (Å²) < 4.78 is 6.88. The second-order valence-electron chi connectivity index (χ2n) is 6.57. The summed E-state index contributed by atoms with van der Waals surface area (Å²) in [6.45, 7) is 4.78. The van der Waals surface area contributed by atoms with Gasteiger partial charge >= 0.3 is 6.03 Å². The number of urea groups is 1. The molecule has 1 aromatic heterocycles. The van der Waals surface area contributed by atoms with E-state index in [0.717, 1.165) is 11.3 Å². The van der Waals surface area contributed by atoms with Crippen molar-refractivity contribution in [3.8, 4) is 5.75 Å². The topological polar surface area (TPSA) is 76.5 Å². The number of fused-ring (bicyclic) bond motifs is 1. The third kappa shape index (κ3) is 3.42. The third-order valence-corrected chi connectivity index (χ3v) is 4.83. The van der Waals surface area contributed by atoms with Gasteiger partial charge in [-0.15, -0.1) is 0 Å². The summed E-state index contributed by atoms with van der Waals surface area (Å²) in [4.78, 5) is 31.4. The lowest BCUT2D eigenvalue weighted by Gasteiger charge is -2.21. The molecule has 1 N–H and O–H groups in total. The first-order valence-corrected chi connectivity index (χ1v) is 8.66. The number of hydrogen-bond acceptors (Lipinski definition) is 4. The van der Waals surface area contributed by atoms with Gasteiger partial charge in [0.1, 0.15) is 11.6 Å². The number of methoxy groups -OCH3 is 1. The highest BCUT2D eigenvalue weighted by Crippen LogP contribution is 2.25. The normalized spacial score (nSPS) is 13.8. The van der Waals surface area contributed by atoms with Crippen molar-refractivity contribution in [1.82, 2.24) is 14.5 Å². The molecule has 0 radical (unpaired) electrons. The number of anilines is 1. The Labute approximate surface area is 152 Å². The van der Waals surface area contributed by atoms with Crippen molar-refractivity contribution < 1.29 is 9.53 Å². The van der Waals surface area contributed by atoms with E-state index in [1.54, 1.807) is 23.6 Å². The molecule has 0 atom stereocenters. The zero-order valence-corrected chi connectivity index (χ0v) is 15.6. The van der Waals surface area contributed by atoms with Crippen LogP contribution in [0.2, 0.25) is 0 Å². The van der Waals surface area contributed by atoms with Crippen LogP contribution in [0, 0.1) is 13.8 Å². The summed E-state index contributed by atoms with van der Waals surface area (Å²) in [5, 5.41) is 2.92. The second-order valence-corrected chi connectivity index (χ2v) is 6.57. The molecular formula is C19H24N4O3. The van der Waals surface area contributed by atoms with E-state index < -0.39 is 0 Å². The SMILES string of the molecule is COc1ccc(C)cc1NC(=O)N1CCc2nc(C)n(C)c(=O)c2CC1. The van der Waals surface area contributed by atoms with Gasteiger partial charge in [-0.2, -0.15) is 0 Å². The van der Waals surface area contributed by atoms with Crippen molar-refractivity contribution in [3.05, 3.63) is 51.2 Å². The summed E-state index contributed by atoms with van der Waals surface area (Å²) in [7, 11) is 3.30. The maximum atomic E-state index is 12.7. The summed E-state index contributed by atoms with van der Waals surface area (Å²) in [6.07, 6.45) is 1.08. The highest BCUT2D eigenvalue weighted by atomic mass is 16.5. The highest BCUT2D eigenvalue weighted by Gasteiger charge is 2.23. The minimum absolute atomic E-state index is 0.0184. The van der Waals surface area contributed by atoms with E-state index >= 15 is 0 Å². The quantitative estimate of drug-likeness (QED) is 0.893. The zero-order chi connectivity index (χ0) is 18.8. The fourth-order valence-electron chi connectivity index (χ4n) is 3.18. The molecule has 26 heavy (non-hydrogen) atoms. The van der Waals surface area contributed by atoms with E-state index in [9.17, 15) is 9.59 Å². The summed E-state index contributed by atoms with van der Waals surface area (Å²) in [5.74, 6) is 1.31. The highest BCUT2D eigenvalue weighted by molar-refractivity contribution is 5.91. The van der Waals surface area contributed by atoms with Crippen molar-refractivity contribution in [3.63, 3.8) is 0 Å². The number of ether oxygens (including phenoxy) is 1. The van der Waals surface area contributed by atoms with Crippen molar-refractivity contribution in [1.29, 1.82) is 0 Å². The van der Waals surface area contributed by atoms with Crippen LogP contribution in [-0.4, -0.2) is 40.7 Å². The molecule has 7 nitrogen and oxygen atoms in total. The maximum Gasteiger partial charge on any atom is 0.321 e. The van der Waals surface area contributed by atoms with Crippen LogP contribution >= 0.6 is 0 Å². The molecule has 1 aromatic carbocycles. The largest absolute Gasteiger partial charge is 0.495 e. The van der Waals surface area contributed by atoms with E-state index in [-0.39, 0.29) is 11.6 Å². The smallest absolute Gasteiger partial charge is 0.321 e. The number of nitrogens with one attached hydrogen (secondary N) is 1. The lowest BCUT2D eigenvalue weighted by Crippen LogP contribution is -2.37. The van der Waals surface area contributed by atoms with Gasteiger partial charge in [0, 0.05) is 32.1 Å². The molecule has 2 amide bonds. The van der Waals surface area contributed by atoms with Gasteiger partial charge in [0.2, 0.25) is 0 Å². The van der Waals surface area contributed by atoms with Gasteiger partial charge in [0.15, 0.2) is 0 Å². The molecule has 0 saturated heterocycles. The molecule has 0 aliphatic carbocycles. The summed E-state index contributed by atoms with van der Waals surface area (Å²) in [5.41, 5.74) is 3.17. The van der Waals surface area contributed by atoms with Gasteiger partial charge in [-0.1, -0.05) is 6.07 Å². The van der Waals surface area contributed by atoms with Gasteiger partial charge in [0.25, 0.3) is 5.56 Å². The van der Waals surface area contributed by atoms with Gasteiger partial charge in [-0.05, 0) is 38.0 Å². The average molecular weight is 356 g/mol. The lowest BCUT2D eigenvalue weighted by atomic mass is 10.1. The van der Waals surface area contributed by atoms with Crippen LogP contribution in [-0.2, 0) is 19.9 Å². The maximum absolute atomic E-state index is 12.7. The standard InChI is InChI=1S/C19H24N4O3/c1-12-5-6-17(26-4)16(11-12)21-19(25)23-9-7-14-15(8-10-23)20-13(2)22(3)18(14)24/h5-6,11H,7-10H2,1-4H3,(H,21,25). The number of nitrogens with zero attached hydrogens (tertiary/aromatic N) is 3. The number of amides is 2.